The summed E-state index contributed by atoms with van der Waals surface area (Å²) in [4.78, 5) is 25.9. The van der Waals surface area contributed by atoms with Gasteiger partial charge in [-0.3, -0.25) is 14.4 Å². The van der Waals surface area contributed by atoms with Gasteiger partial charge < -0.3 is 20.9 Å². The van der Waals surface area contributed by atoms with Crippen LogP contribution in [0.4, 0.5) is 16.2 Å². The number of imidazole rings is 1. The monoisotopic (exact) mass is 1190 g/mol. The quantitative estimate of drug-likeness (QED) is 0.218. The number of piperazine rings is 2. The average molecular weight is 1190 g/mol. The number of carbonyl (C=O) groups excluding carboxylic acids is 1. The number of nitrogens with two attached hydrogens (primary N) is 1. The summed E-state index contributed by atoms with van der Waals surface area (Å²) < 4.78 is 1.50. The average Bonchev–Trinajstić information content (AvgIpc) is 3.77. The van der Waals surface area contributed by atoms with E-state index in [0.717, 1.165) is 95.0 Å². The Hall–Kier alpha value is -0.0500. The maximum Gasteiger partial charge on any atom is 0.327 e. The number of hydrogen-bond donors (Lipinski definition) is 2. The van der Waals surface area contributed by atoms with Gasteiger partial charge >= 0.3 is 56.5 Å². The third-order valence-electron chi connectivity index (χ3n) is 11.8. The minimum absolute atomic E-state index is 0.0753. The molecule has 2 aliphatic carbocycles. The molecule has 2 saturated carbocycles. The molecule has 1 aromatic heterocycles. The van der Waals surface area contributed by atoms with E-state index in [9.17, 15) is 4.79 Å². The number of carbonyl (C=O) groups is 1. The molecule has 4 fully saturated rings. The summed E-state index contributed by atoms with van der Waals surface area (Å²) in [6.07, 6.45) is 17.0. The van der Waals surface area contributed by atoms with Crippen molar-refractivity contribution in [2.45, 2.75) is 76.3 Å². The molecule has 0 atom stereocenters. The molecule has 1 amide bonds. The Morgan fingerprint density at radius 3 is 1.59 bits per heavy atom. The van der Waals surface area contributed by atoms with Gasteiger partial charge in [-0.2, -0.15) is 0 Å². The summed E-state index contributed by atoms with van der Waals surface area (Å²) in [7, 11) is 0. The summed E-state index contributed by atoms with van der Waals surface area (Å²) in [5, 5.41) is 5.72. The van der Waals surface area contributed by atoms with Crippen molar-refractivity contribution in [3.05, 3.63) is 75.2 Å². The molecule has 0 bridgehead atoms. The molecule has 312 valence electrons. The molecule has 9 nitrogen and oxygen atoms in total. The minimum atomic E-state index is -0.0753. The van der Waals surface area contributed by atoms with Gasteiger partial charge in [-0.25, -0.2) is 9.78 Å². The van der Waals surface area contributed by atoms with Crippen molar-refractivity contribution in [2.24, 2.45) is 17.6 Å². The smallest absolute Gasteiger partial charge is 0.327 e. The van der Waals surface area contributed by atoms with Crippen molar-refractivity contribution in [3.8, 4) is 0 Å². The Labute approximate surface area is 384 Å². The van der Waals surface area contributed by atoms with Crippen LogP contribution in [0.2, 0.25) is 20.1 Å². The molecule has 2 aromatic carbocycles. The number of nitrogens with zero attached hydrogens (tertiary/aromatic N) is 6. The Morgan fingerprint density at radius 2 is 1.16 bits per heavy atom. The van der Waals surface area contributed by atoms with Crippen LogP contribution < -0.4 is 34.1 Å². The Morgan fingerprint density at radius 1 is 0.714 bits per heavy atom. The van der Waals surface area contributed by atoms with Crippen molar-refractivity contribution in [1.82, 2.24) is 24.7 Å². The molecule has 7 rings (SSSR count). The molecule has 2 aliphatic heterocycles. The molecule has 2 saturated heterocycles. The van der Waals surface area contributed by atoms with Gasteiger partial charge in [0, 0.05) is 76.8 Å². The van der Waals surface area contributed by atoms with Crippen LogP contribution in [0.25, 0.3) is 0 Å². The van der Waals surface area contributed by atoms with Gasteiger partial charge in [0.2, 0.25) is 0 Å². The maximum atomic E-state index is 12.1. The van der Waals surface area contributed by atoms with E-state index < -0.39 is 0 Å². The molecule has 3 N–H and O–H groups in total. The number of anilines is 2. The van der Waals surface area contributed by atoms with Crippen molar-refractivity contribution in [2.75, 3.05) is 75.2 Å². The summed E-state index contributed by atoms with van der Waals surface area (Å²) >= 11 is 30.3. The van der Waals surface area contributed by atoms with Gasteiger partial charge in [0.1, 0.15) is 6.33 Å². The minimum Gasteiger partial charge on any atom is -0.368 e. The maximum absolute atomic E-state index is 12.1. The van der Waals surface area contributed by atoms with Gasteiger partial charge in [-0.15, -0.1) is 0 Å². The van der Waals surface area contributed by atoms with E-state index in [-0.39, 0.29) is 12.1 Å². The predicted molar refractivity (Wildman–Crippen MR) is 249 cm³/mol. The van der Waals surface area contributed by atoms with E-state index >= 15 is 0 Å². The van der Waals surface area contributed by atoms with E-state index in [4.69, 9.17) is 52.1 Å². The first kappa shape index (κ1) is 47.0. The Bertz CT molecular complexity index is 1600. The molecule has 3 heterocycles. The number of halogens is 7. The van der Waals surface area contributed by atoms with Crippen LogP contribution in [-0.2, 0) is 0 Å². The molecular weight excluding hydrogens is 1130 g/mol. The third kappa shape index (κ3) is 14.8. The molecule has 0 radical (unpaired) electrons. The first-order valence-electron chi connectivity index (χ1n) is 19.9. The SMILES string of the molecule is I[I-]I.NC1CCC(CCN2CCN(c3cccc(Cl)c3Cl)CC2)CC1.O=C(NC1CCC(CCN2CCN(c3cccc(Cl)c3Cl)CC2)CC1)n1ccnc1. The Kier molecular flexibility index (Phi) is 21.0. The zero-order chi connectivity index (χ0) is 39.9. The summed E-state index contributed by atoms with van der Waals surface area (Å²) in [6, 6.07) is 12.4. The van der Waals surface area contributed by atoms with Gasteiger partial charge in [-0.1, -0.05) is 58.5 Å². The van der Waals surface area contributed by atoms with Crippen molar-refractivity contribution >= 4 is 101 Å². The zero-order valence-electron chi connectivity index (χ0n) is 32.0. The van der Waals surface area contributed by atoms with E-state index in [0.29, 0.717) is 39.4 Å². The van der Waals surface area contributed by atoms with Crippen LogP contribution in [0, 0.1) is 11.8 Å². The molecule has 4 aliphatic rings. The van der Waals surface area contributed by atoms with Crippen LogP contribution in [-0.4, -0.2) is 103 Å². The predicted octanol–water partition coefficient (Wildman–Crippen LogP) is 7.32. The Balaban J connectivity index is 0.000000206. The molecule has 16 heteroatoms. The van der Waals surface area contributed by atoms with E-state index in [2.05, 4.69) is 73.2 Å². The number of nitrogens with one attached hydrogen (secondary N) is 1. The van der Waals surface area contributed by atoms with Crippen LogP contribution in [0.5, 0.6) is 0 Å². The molecule has 3 aromatic rings. The number of rotatable bonds is 9. The fraction of sp³-hybridized carbons (Fsp3) is 0.600. The third-order valence-corrected chi connectivity index (χ3v) is 13.4. The van der Waals surface area contributed by atoms with Crippen molar-refractivity contribution in [3.63, 3.8) is 0 Å². The fourth-order valence-electron chi connectivity index (χ4n) is 8.33. The number of benzene rings is 2. The fourth-order valence-corrected chi connectivity index (χ4v) is 9.16. The summed E-state index contributed by atoms with van der Waals surface area (Å²) in [5.74, 6) is 1.64. The van der Waals surface area contributed by atoms with Crippen molar-refractivity contribution in [1.29, 1.82) is 0 Å². The summed E-state index contributed by atoms with van der Waals surface area (Å²) in [6.45, 7) is 10.7. The van der Waals surface area contributed by atoms with Crippen LogP contribution in [0.15, 0.2) is 55.1 Å². The van der Waals surface area contributed by atoms with Crippen LogP contribution in [0.1, 0.15) is 64.2 Å². The molecular formula is C40H56Cl4I3N8O-. The van der Waals surface area contributed by atoms with Crippen LogP contribution >= 0.6 is 83.6 Å². The van der Waals surface area contributed by atoms with Gasteiger partial charge in [0.05, 0.1) is 31.5 Å². The number of hydrogen-bond acceptors (Lipinski definition) is 7. The largest absolute Gasteiger partial charge is 0.368 e. The first-order valence-corrected chi connectivity index (χ1v) is 34.0. The van der Waals surface area contributed by atoms with Crippen molar-refractivity contribution < 1.29 is 18.0 Å². The first-order chi connectivity index (χ1) is 27.1. The van der Waals surface area contributed by atoms with E-state index in [1.54, 1.807) is 18.7 Å². The second-order valence-corrected chi connectivity index (χ2v) is 33.2. The molecule has 0 unspecified atom stereocenters. The topological polar surface area (TPSA) is 85.9 Å². The van der Waals surface area contributed by atoms with E-state index in [1.807, 2.05) is 30.3 Å². The van der Waals surface area contributed by atoms with Gasteiger partial charge in [0.25, 0.3) is 0 Å². The normalized spacial score (nSPS) is 23.5. The van der Waals surface area contributed by atoms with Gasteiger partial charge in [0.15, 0.2) is 0 Å². The summed E-state index contributed by atoms with van der Waals surface area (Å²) in [5.41, 5.74) is 8.10. The van der Waals surface area contributed by atoms with Gasteiger partial charge in [-0.05, 0) is 113 Å². The second kappa shape index (κ2) is 25.0. The molecule has 0 spiro atoms. The second-order valence-electron chi connectivity index (χ2n) is 15.4. The van der Waals surface area contributed by atoms with E-state index in [1.165, 1.54) is 62.5 Å². The molecule has 56 heavy (non-hydrogen) atoms. The zero-order valence-corrected chi connectivity index (χ0v) is 41.5. The van der Waals surface area contributed by atoms with Crippen LogP contribution in [0.3, 0.4) is 0 Å². The number of amides is 1. The number of aromatic nitrogens is 2. The standard InChI is InChI=1S/C22H29Cl2N5O.C18H27Cl2N3.I3/c23-19-2-1-3-20(21(19)24)28-14-12-27(13-15-28)10-8-17-4-6-18(7-5-17)26-22(30)29-11-9-25-16-29;19-16-2-1-3-17(18(16)20)23-12-10-22(11-13-23)9-8-14-4-6-15(21)7-5-14;1-3-2/h1-3,9,11,16-18H,4-8,10,12-15H2,(H,26,30);1-3,14-15H,4-13,21H2;/q;;-1.